The molecule has 5 heteroatoms. The Morgan fingerprint density at radius 3 is 2.67 bits per heavy atom. The molecule has 88 valence electrons. The topological polar surface area (TPSA) is 76.0 Å². The summed E-state index contributed by atoms with van der Waals surface area (Å²) in [6, 6.07) is 10.6. The summed E-state index contributed by atoms with van der Waals surface area (Å²) in [5, 5.41) is 0. The molecule has 1 N–H and O–H groups in total. The molecule has 18 heavy (non-hydrogen) atoms. The molecule has 0 unspecified atom stereocenters. The van der Waals surface area contributed by atoms with E-state index in [9.17, 15) is 9.59 Å². The standard InChI is InChI=1S/C13H8N2O3/c16-9-6-10(8-4-2-1-3-5-8)18-11-7-14-13(17)15-12(9)11/h1-7H,(H,14,15,17). The SMILES string of the molecule is O=c1ncc2oc(-c3ccccc3)cc(=O)c2[nH]1. The Hall–Kier alpha value is -2.69. The normalized spacial score (nSPS) is 10.7. The highest BCUT2D eigenvalue weighted by Gasteiger charge is 2.07. The number of fused-ring (bicyclic) bond motifs is 1. The van der Waals surface area contributed by atoms with Gasteiger partial charge in [0.1, 0.15) is 11.3 Å². The van der Waals surface area contributed by atoms with E-state index < -0.39 is 5.69 Å². The fourth-order valence-corrected chi connectivity index (χ4v) is 1.73. The van der Waals surface area contributed by atoms with E-state index in [1.54, 1.807) is 0 Å². The Morgan fingerprint density at radius 1 is 1.11 bits per heavy atom. The Balaban J connectivity index is 2.32. The van der Waals surface area contributed by atoms with Gasteiger partial charge in [0.25, 0.3) is 0 Å². The van der Waals surface area contributed by atoms with Crippen molar-refractivity contribution in [3.63, 3.8) is 0 Å². The number of nitrogens with one attached hydrogen (secondary N) is 1. The third kappa shape index (κ3) is 1.71. The molecule has 0 saturated carbocycles. The van der Waals surface area contributed by atoms with E-state index in [-0.39, 0.29) is 16.5 Å². The van der Waals surface area contributed by atoms with Crippen LogP contribution < -0.4 is 11.1 Å². The molecule has 0 saturated heterocycles. The average molecular weight is 240 g/mol. The number of rotatable bonds is 1. The van der Waals surface area contributed by atoms with Gasteiger partial charge in [0.2, 0.25) is 5.43 Å². The van der Waals surface area contributed by atoms with Crippen LogP contribution >= 0.6 is 0 Å². The van der Waals surface area contributed by atoms with Gasteiger partial charge in [-0.3, -0.25) is 9.78 Å². The van der Waals surface area contributed by atoms with Crippen LogP contribution in [0.3, 0.4) is 0 Å². The van der Waals surface area contributed by atoms with Crippen molar-refractivity contribution < 1.29 is 4.42 Å². The summed E-state index contributed by atoms with van der Waals surface area (Å²) >= 11 is 0. The molecule has 0 aliphatic heterocycles. The molecular weight excluding hydrogens is 232 g/mol. The molecule has 0 amide bonds. The lowest BCUT2D eigenvalue weighted by Gasteiger charge is -2.01. The average Bonchev–Trinajstić information content (AvgIpc) is 2.40. The fourth-order valence-electron chi connectivity index (χ4n) is 1.73. The summed E-state index contributed by atoms with van der Waals surface area (Å²) in [5.41, 5.74) is 0.329. The van der Waals surface area contributed by atoms with E-state index in [2.05, 4.69) is 9.97 Å². The smallest absolute Gasteiger partial charge is 0.345 e. The number of hydrogen-bond acceptors (Lipinski definition) is 4. The van der Waals surface area contributed by atoms with E-state index in [0.717, 1.165) is 5.56 Å². The zero-order chi connectivity index (χ0) is 12.5. The lowest BCUT2D eigenvalue weighted by molar-refractivity contribution is 0.614. The Kier molecular flexibility index (Phi) is 2.30. The van der Waals surface area contributed by atoms with Crippen molar-refractivity contribution in [3.8, 4) is 11.3 Å². The zero-order valence-electron chi connectivity index (χ0n) is 9.21. The molecule has 1 aromatic carbocycles. The maximum absolute atomic E-state index is 11.9. The summed E-state index contributed by atoms with van der Waals surface area (Å²) < 4.78 is 5.55. The molecule has 3 aromatic rings. The van der Waals surface area contributed by atoms with Crippen LogP contribution in [0, 0.1) is 0 Å². The van der Waals surface area contributed by atoms with Gasteiger partial charge in [0.05, 0.1) is 6.20 Å². The zero-order valence-corrected chi connectivity index (χ0v) is 9.21. The molecule has 2 heterocycles. The maximum Gasteiger partial charge on any atom is 0.345 e. The minimum atomic E-state index is -0.567. The first-order valence-corrected chi connectivity index (χ1v) is 5.33. The summed E-state index contributed by atoms with van der Waals surface area (Å²) in [4.78, 5) is 28.8. The highest BCUT2D eigenvalue weighted by Crippen LogP contribution is 2.19. The van der Waals surface area contributed by atoms with Gasteiger partial charge in [-0.2, -0.15) is 4.98 Å². The van der Waals surface area contributed by atoms with Crippen LogP contribution in [0.4, 0.5) is 0 Å². The van der Waals surface area contributed by atoms with Crippen molar-refractivity contribution in [2.75, 3.05) is 0 Å². The predicted octanol–water partition coefficient (Wildman–Crippen LogP) is 1.54. The summed E-state index contributed by atoms with van der Waals surface area (Å²) in [6.45, 7) is 0. The molecule has 5 nitrogen and oxygen atoms in total. The number of nitrogens with zero attached hydrogens (tertiary/aromatic N) is 1. The van der Waals surface area contributed by atoms with Gasteiger partial charge >= 0.3 is 5.69 Å². The van der Waals surface area contributed by atoms with E-state index in [1.165, 1.54) is 12.3 Å². The second kappa shape index (κ2) is 3.96. The van der Waals surface area contributed by atoms with Crippen LogP contribution in [0.15, 0.2) is 56.6 Å². The van der Waals surface area contributed by atoms with Crippen LogP contribution in [-0.2, 0) is 0 Å². The van der Waals surface area contributed by atoms with Crippen molar-refractivity contribution in [1.29, 1.82) is 0 Å². The quantitative estimate of drug-likeness (QED) is 0.700. The Labute approximate surface area is 101 Å². The Bertz CT molecular complexity index is 819. The third-order valence-corrected chi connectivity index (χ3v) is 2.56. The van der Waals surface area contributed by atoms with Gasteiger partial charge in [0.15, 0.2) is 5.58 Å². The maximum atomic E-state index is 11.9. The van der Waals surface area contributed by atoms with Crippen molar-refractivity contribution in [3.05, 3.63) is 63.3 Å². The fraction of sp³-hybridized carbons (Fsp3) is 0. The summed E-state index contributed by atoms with van der Waals surface area (Å²) in [6.07, 6.45) is 1.25. The first kappa shape index (κ1) is 10.5. The predicted molar refractivity (Wildman–Crippen MR) is 66.3 cm³/mol. The van der Waals surface area contributed by atoms with Crippen LogP contribution in [0.1, 0.15) is 0 Å². The number of aromatic nitrogens is 2. The first-order chi connectivity index (χ1) is 8.74. The van der Waals surface area contributed by atoms with E-state index >= 15 is 0 Å². The highest BCUT2D eigenvalue weighted by molar-refractivity contribution is 5.73. The molecule has 0 atom stereocenters. The molecule has 0 spiro atoms. The van der Waals surface area contributed by atoms with Gasteiger partial charge in [-0.15, -0.1) is 0 Å². The number of H-pyrrole nitrogens is 1. The lowest BCUT2D eigenvalue weighted by atomic mass is 10.1. The van der Waals surface area contributed by atoms with Crippen molar-refractivity contribution >= 4 is 11.1 Å². The third-order valence-electron chi connectivity index (χ3n) is 2.56. The van der Waals surface area contributed by atoms with Crippen LogP contribution in [0.5, 0.6) is 0 Å². The van der Waals surface area contributed by atoms with Crippen LogP contribution in [-0.4, -0.2) is 9.97 Å². The second-order valence-corrected chi connectivity index (χ2v) is 3.77. The van der Waals surface area contributed by atoms with E-state index in [4.69, 9.17) is 4.42 Å². The largest absolute Gasteiger partial charge is 0.453 e. The van der Waals surface area contributed by atoms with Gasteiger partial charge in [-0.25, -0.2) is 4.79 Å². The van der Waals surface area contributed by atoms with Crippen molar-refractivity contribution in [1.82, 2.24) is 9.97 Å². The molecule has 0 radical (unpaired) electrons. The Morgan fingerprint density at radius 2 is 1.89 bits per heavy atom. The highest BCUT2D eigenvalue weighted by atomic mass is 16.3. The number of hydrogen-bond donors (Lipinski definition) is 1. The monoisotopic (exact) mass is 240 g/mol. The van der Waals surface area contributed by atoms with Crippen LogP contribution in [0.25, 0.3) is 22.4 Å². The molecule has 0 bridgehead atoms. The minimum absolute atomic E-state index is 0.134. The minimum Gasteiger partial charge on any atom is -0.453 e. The van der Waals surface area contributed by atoms with Gasteiger partial charge in [-0.1, -0.05) is 30.3 Å². The van der Waals surface area contributed by atoms with Crippen molar-refractivity contribution in [2.45, 2.75) is 0 Å². The molecule has 3 rings (SSSR count). The number of aromatic amines is 1. The molecular formula is C13H8N2O3. The molecule has 0 fully saturated rings. The van der Waals surface area contributed by atoms with Crippen molar-refractivity contribution in [2.24, 2.45) is 0 Å². The molecule has 2 aromatic heterocycles. The van der Waals surface area contributed by atoms with Gasteiger partial charge < -0.3 is 4.42 Å². The second-order valence-electron chi connectivity index (χ2n) is 3.77. The van der Waals surface area contributed by atoms with E-state index in [1.807, 2.05) is 30.3 Å². The summed E-state index contributed by atoms with van der Waals surface area (Å²) in [5.74, 6) is 0.446. The molecule has 0 aliphatic carbocycles. The molecule has 0 aliphatic rings. The van der Waals surface area contributed by atoms with Gasteiger partial charge in [0, 0.05) is 11.6 Å². The van der Waals surface area contributed by atoms with E-state index in [0.29, 0.717) is 5.76 Å². The number of benzene rings is 1. The van der Waals surface area contributed by atoms with Crippen LogP contribution in [0.2, 0.25) is 0 Å². The van der Waals surface area contributed by atoms with Gasteiger partial charge in [-0.05, 0) is 0 Å². The first-order valence-electron chi connectivity index (χ1n) is 5.33. The lowest BCUT2D eigenvalue weighted by Crippen LogP contribution is -2.14. The summed E-state index contributed by atoms with van der Waals surface area (Å²) in [7, 11) is 0.